The van der Waals surface area contributed by atoms with E-state index in [4.69, 9.17) is 14.2 Å². The van der Waals surface area contributed by atoms with Gasteiger partial charge in [-0.3, -0.25) is 14.4 Å². The number of carbonyl (C=O) groups excluding carboxylic acids is 3. The Morgan fingerprint density at radius 3 is 2.34 bits per heavy atom. The topological polar surface area (TPSA) is 90.9 Å². The van der Waals surface area contributed by atoms with Crippen LogP contribution in [0.2, 0.25) is 0 Å². The smallest absolute Gasteiger partial charge is 0.316 e. The molecule has 1 amide bonds. The summed E-state index contributed by atoms with van der Waals surface area (Å²) in [5, 5.41) is 2.64. The summed E-state index contributed by atoms with van der Waals surface area (Å²) in [5.41, 5.74) is 1.98. The molecule has 0 aliphatic rings. The van der Waals surface area contributed by atoms with Crippen LogP contribution in [0.4, 0.5) is 5.69 Å². The van der Waals surface area contributed by atoms with E-state index in [1.807, 2.05) is 0 Å². The second kappa shape index (κ2) is 11.1. The molecule has 0 fully saturated rings. The lowest BCUT2D eigenvalue weighted by molar-refractivity contribution is -0.144. The van der Waals surface area contributed by atoms with E-state index in [9.17, 15) is 14.4 Å². The molecule has 0 aromatic heterocycles. The van der Waals surface area contributed by atoms with E-state index >= 15 is 0 Å². The number of nitrogens with one attached hydrogen (secondary N) is 1. The fourth-order valence-corrected chi connectivity index (χ4v) is 3.21. The first-order valence-electron chi connectivity index (χ1n) is 8.78. The molecule has 0 spiro atoms. The quantitative estimate of drug-likeness (QED) is 0.468. The highest BCUT2D eigenvalue weighted by Crippen LogP contribution is 2.25. The summed E-state index contributed by atoms with van der Waals surface area (Å²) in [5.74, 6) is 0.902. The number of amides is 1. The van der Waals surface area contributed by atoms with E-state index in [2.05, 4.69) is 5.32 Å². The molecule has 29 heavy (non-hydrogen) atoms. The first-order chi connectivity index (χ1) is 13.9. The number of rotatable bonds is 10. The summed E-state index contributed by atoms with van der Waals surface area (Å²) in [6.07, 6.45) is 0. The summed E-state index contributed by atoms with van der Waals surface area (Å²) >= 11 is 1.31. The number of ether oxygens (including phenoxy) is 3. The number of benzene rings is 2. The summed E-state index contributed by atoms with van der Waals surface area (Å²) in [4.78, 5) is 35.3. The standard InChI is InChI=1S/C21H23NO6S/c1-14(23)15-4-9-19(27-3)16(10-15)12-29-13-21(25)28-11-20(24)22-17-5-7-18(26-2)8-6-17/h4-10H,11-13H2,1-3H3,(H,22,24). The molecule has 2 aromatic rings. The van der Waals surface area contributed by atoms with Crippen LogP contribution in [0.1, 0.15) is 22.8 Å². The summed E-state index contributed by atoms with van der Waals surface area (Å²) < 4.78 is 15.3. The molecule has 1 N–H and O–H groups in total. The molecule has 0 unspecified atom stereocenters. The lowest BCUT2D eigenvalue weighted by atomic mass is 10.1. The number of thioether (sulfide) groups is 1. The zero-order valence-electron chi connectivity index (χ0n) is 16.5. The zero-order valence-corrected chi connectivity index (χ0v) is 17.3. The molecule has 154 valence electrons. The molecule has 0 bridgehead atoms. The fourth-order valence-electron chi connectivity index (χ4n) is 2.41. The van der Waals surface area contributed by atoms with E-state index in [1.165, 1.54) is 18.7 Å². The van der Waals surface area contributed by atoms with Crippen molar-refractivity contribution in [1.82, 2.24) is 0 Å². The van der Waals surface area contributed by atoms with Gasteiger partial charge in [0.2, 0.25) is 0 Å². The lowest BCUT2D eigenvalue weighted by Gasteiger charge is -2.10. The van der Waals surface area contributed by atoms with Gasteiger partial charge < -0.3 is 19.5 Å². The Balaban J connectivity index is 1.76. The Bertz CT molecular complexity index is 866. The monoisotopic (exact) mass is 417 g/mol. The average molecular weight is 417 g/mol. The number of ketones is 1. The maximum atomic E-state index is 11.9. The van der Waals surface area contributed by atoms with Crippen LogP contribution in [0.5, 0.6) is 11.5 Å². The molecule has 0 aliphatic carbocycles. The van der Waals surface area contributed by atoms with E-state index in [1.54, 1.807) is 56.7 Å². The van der Waals surface area contributed by atoms with Crippen molar-refractivity contribution in [3.63, 3.8) is 0 Å². The first-order valence-corrected chi connectivity index (χ1v) is 9.93. The third-order valence-electron chi connectivity index (χ3n) is 3.90. The van der Waals surface area contributed by atoms with Crippen molar-refractivity contribution in [2.24, 2.45) is 0 Å². The molecule has 2 rings (SSSR count). The lowest BCUT2D eigenvalue weighted by Crippen LogP contribution is -2.21. The third-order valence-corrected chi connectivity index (χ3v) is 4.86. The molecule has 2 aromatic carbocycles. The van der Waals surface area contributed by atoms with Crippen LogP contribution >= 0.6 is 11.8 Å². The maximum Gasteiger partial charge on any atom is 0.316 e. The number of anilines is 1. The van der Waals surface area contributed by atoms with Crippen molar-refractivity contribution < 1.29 is 28.6 Å². The SMILES string of the molecule is COc1ccc(NC(=O)COC(=O)CSCc2cc(C(C)=O)ccc2OC)cc1. The number of carbonyl (C=O) groups is 3. The van der Waals surface area contributed by atoms with Crippen molar-refractivity contribution >= 4 is 35.1 Å². The van der Waals surface area contributed by atoms with E-state index in [0.717, 1.165) is 5.56 Å². The van der Waals surface area contributed by atoms with Crippen LogP contribution in [0.15, 0.2) is 42.5 Å². The molecule has 8 heteroatoms. The van der Waals surface area contributed by atoms with Crippen LogP contribution in [-0.4, -0.2) is 44.2 Å². The highest BCUT2D eigenvalue weighted by atomic mass is 32.2. The number of methoxy groups -OCH3 is 2. The minimum Gasteiger partial charge on any atom is -0.497 e. The van der Waals surface area contributed by atoms with Crippen LogP contribution in [0.3, 0.4) is 0 Å². The molecular formula is C21H23NO6S. The van der Waals surface area contributed by atoms with Crippen LogP contribution in [-0.2, 0) is 20.1 Å². The van der Waals surface area contributed by atoms with Gasteiger partial charge in [-0.05, 0) is 49.4 Å². The van der Waals surface area contributed by atoms with Gasteiger partial charge in [0.1, 0.15) is 11.5 Å². The van der Waals surface area contributed by atoms with E-state index < -0.39 is 11.9 Å². The Morgan fingerprint density at radius 2 is 1.72 bits per heavy atom. The van der Waals surface area contributed by atoms with E-state index in [0.29, 0.717) is 28.5 Å². The Morgan fingerprint density at radius 1 is 1.00 bits per heavy atom. The van der Waals surface area contributed by atoms with Gasteiger partial charge in [-0.25, -0.2) is 0 Å². The van der Waals surface area contributed by atoms with Crippen molar-refractivity contribution in [2.75, 3.05) is 31.9 Å². The fraction of sp³-hybridized carbons (Fsp3) is 0.286. The van der Waals surface area contributed by atoms with E-state index in [-0.39, 0.29) is 18.1 Å². The van der Waals surface area contributed by atoms with Crippen molar-refractivity contribution in [2.45, 2.75) is 12.7 Å². The number of esters is 1. The second-order valence-corrected chi connectivity index (χ2v) is 7.00. The molecular weight excluding hydrogens is 394 g/mol. The Labute approximate surface area is 173 Å². The van der Waals surface area contributed by atoms with Crippen molar-refractivity contribution in [3.05, 3.63) is 53.6 Å². The summed E-state index contributed by atoms with van der Waals surface area (Å²) in [6.45, 7) is 1.13. The normalized spacial score (nSPS) is 10.2. The van der Waals surface area contributed by atoms with Gasteiger partial charge in [0.25, 0.3) is 5.91 Å². The van der Waals surface area contributed by atoms with Gasteiger partial charge in [-0.15, -0.1) is 11.8 Å². The molecule has 0 radical (unpaired) electrons. The zero-order chi connectivity index (χ0) is 21.2. The molecule has 0 saturated carbocycles. The van der Waals surface area contributed by atoms with Gasteiger partial charge in [0, 0.05) is 22.6 Å². The Hall–Kier alpha value is -3.00. The van der Waals surface area contributed by atoms with Crippen LogP contribution < -0.4 is 14.8 Å². The molecule has 0 saturated heterocycles. The number of hydrogen-bond donors (Lipinski definition) is 1. The maximum absolute atomic E-state index is 11.9. The highest BCUT2D eigenvalue weighted by molar-refractivity contribution is 7.99. The van der Waals surface area contributed by atoms with Gasteiger partial charge in [0.15, 0.2) is 12.4 Å². The van der Waals surface area contributed by atoms with Crippen LogP contribution in [0, 0.1) is 0 Å². The largest absolute Gasteiger partial charge is 0.497 e. The second-order valence-electron chi connectivity index (χ2n) is 6.01. The van der Waals surface area contributed by atoms with Gasteiger partial charge in [0.05, 0.1) is 20.0 Å². The van der Waals surface area contributed by atoms with Gasteiger partial charge in [-0.1, -0.05) is 0 Å². The molecule has 0 aliphatic heterocycles. The molecule has 0 heterocycles. The minimum atomic E-state index is -0.499. The predicted octanol–water partition coefficient (Wildman–Crippen LogP) is 3.32. The predicted molar refractivity (Wildman–Crippen MR) is 112 cm³/mol. The average Bonchev–Trinajstić information content (AvgIpc) is 2.72. The van der Waals surface area contributed by atoms with Crippen molar-refractivity contribution in [3.8, 4) is 11.5 Å². The molecule has 0 atom stereocenters. The first kappa shape index (κ1) is 22.3. The minimum absolute atomic E-state index is 0.0406. The molecule has 7 nitrogen and oxygen atoms in total. The van der Waals surface area contributed by atoms with Gasteiger partial charge >= 0.3 is 5.97 Å². The number of hydrogen-bond acceptors (Lipinski definition) is 7. The van der Waals surface area contributed by atoms with Gasteiger partial charge in [-0.2, -0.15) is 0 Å². The highest BCUT2D eigenvalue weighted by Gasteiger charge is 2.11. The summed E-state index contributed by atoms with van der Waals surface area (Å²) in [6, 6.07) is 12.0. The Kier molecular flexibility index (Phi) is 8.54. The number of Topliss-reactive ketones (excluding diaryl/α,β-unsaturated/α-hetero) is 1. The third kappa shape index (κ3) is 7.15. The van der Waals surface area contributed by atoms with Crippen molar-refractivity contribution in [1.29, 1.82) is 0 Å². The van der Waals surface area contributed by atoms with Crippen LogP contribution in [0.25, 0.3) is 0 Å². The summed E-state index contributed by atoms with van der Waals surface area (Å²) in [7, 11) is 3.10.